The summed E-state index contributed by atoms with van der Waals surface area (Å²) >= 11 is 3.53. The Balaban J connectivity index is 2.04. The Bertz CT molecular complexity index is 413. The van der Waals surface area contributed by atoms with Gasteiger partial charge in [0.25, 0.3) is 0 Å². The van der Waals surface area contributed by atoms with Gasteiger partial charge in [0.15, 0.2) is 0 Å². The van der Waals surface area contributed by atoms with Gasteiger partial charge in [-0.1, -0.05) is 35.7 Å². The van der Waals surface area contributed by atoms with Crippen LogP contribution in [0.15, 0.2) is 22.7 Å². The first kappa shape index (κ1) is 15.0. The summed E-state index contributed by atoms with van der Waals surface area (Å²) in [5.41, 5.74) is 1.07. The highest BCUT2D eigenvalue weighted by Gasteiger charge is 2.25. The van der Waals surface area contributed by atoms with Gasteiger partial charge in [-0.15, -0.1) is 0 Å². The molecular formula is C16H23BrFN. The molecule has 1 N–H and O–H groups in total. The second-order valence-corrected chi connectivity index (χ2v) is 6.71. The number of halogens is 2. The number of likely N-dealkylation sites (N-methyl/N-ethyl adjacent to an activating group) is 1. The Morgan fingerprint density at radius 3 is 2.63 bits per heavy atom. The van der Waals surface area contributed by atoms with Crippen molar-refractivity contribution >= 4 is 15.9 Å². The van der Waals surface area contributed by atoms with Crippen molar-refractivity contribution in [2.45, 2.75) is 45.1 Å². The van der Waals surface area contributed by atoms with E-state index in [1.165, 1.54) is 31.7 Å². The van der Waals surface area contributed by atoms with Crippen molar-refractivity contribution in [3.05, 3.63) is 34.1 Å². The zero-order chi connectivity index (χ0) is 13.8. The van der Waals surface area contributed by atoms with E-state index < -0.39 is 0 Å². The highest BCUT2D eigenvalue weighted by atomic mass is 79.9. The van der Waals surface area contributed by atoms with E-state index in [0.29, 0.717) is 6.04 Å². The molecule has 0 amide bonds. The first-order valence-electron chi connectivity index (χ1n) is 7.21. The molecule has 1 aromatic rings. The third-order valence-electron chi connectivity index (χ3n) is 4.45. The first-order chi connectivity index (χ1) is 9.10. The first-order valence-corrected chi connectivity index (χ1v) is 8.00. The summed E-state index contributed by atoms with van der Waals surface area (Å²) in [6.45, 7) is 2.34. The zero-order valence-electron chi connectivity index (χ0n) is 11.8. The van der Waals surface area contributed by atoms with Gasteiger partial charge in [0.1, 0.15) is 5.82 Å². The molecule has 2 rings (SSSR count). The van der Waals surface area contributed by atoms with Crippen LogP contribution in [0.1, 0.15) is 38.2 Å². The third kappa shape index (κ3) is 4.03. The van der Waals surface area contributed by atoms with E-state index in [1.807, 2.05) is 7.05 Å². The minimum Gasteiger partial charge on any atom is -0.316 e. The maximum absolute atomic E-state index is 13.4. The molecular weight excluding hydrogens is 305 g/mol. The quantitative estimate of drug-likeness (QED) is 0.855. The Kier molecular flexibility index (Phi) is 5.40. The fourth-order valence-electron chi connectivity index (χ4n) is 3.13. The third-order valence-corrected chi connectivity index (χ3v) is 5.22. The fourth-order valence-corrected chi connectivity index (χ4v) is 3.54. The number of hydrogen-bond acceptors (Lipinski definition) is 1. The van der Waals surface area contributed by atoms with Crippen LogP contribution in [-0.4, -0.2) is 13.1 Å². The maximum Gasteiger partial charge on any atom is 0.123 e. The lowest BCUT2D eigenvalue weighted by Crippen LogP contribution is -2.37. The van der Waals surface area contributed by atoms with Crippen molar-refractivity contribution in [1.29, 1.82) is 0 Å². The van der Waals surface area contributed by atoms with Gasteiger partial charge in [-0.05, 0) is 61.9 Å². The second-order valence-electron chi connectivity index (χ2n) is 5.85. The number of rotatable bonds is 4. The van der Waals surface area contributed by atoms with Crippen molar-refractivity contribution in [2.75, 3.05) is 7.05 Å². The molecule has 1 aliphatic carbocycles. The minimum atomic E-state index is -0.148. The minimum absolute atomic E-state index is 0.148. The Morgan fingerprint density at radius 1 is 1.32 bits per heavy atom. The predicted octanol–water partition coefficient (Wildman–Crippen LogP) is 4.55. The molecule has 0 radical (unpaired) electrons. The average Bonchev–Trinajstić information content (AvgIpc) is 2.41. The molecule has 0 bridgehead atoms. The van der Waals surface area contributed by atoms with Crippen LogP contribution in [-0.2, 0) is 6.42 Å². The summed E-state index contributed by atoms with van der Waals surface area (Å²) in [5.74, 6) is 1.44. The summed E-state index contributed by atoms with van der Waals surface area (Å²) in [6.07, 6.45) is 6.13. The largest absolute Gasteiger partial charge is 0.316 e. The number of nitrogens with one attached hydrogen (secondary N) is 1. The molecule has 19 heavy (non-hydrogen) atoms. The van der Waals surface area contributed by atoms with E-state index in [1.54, 1.807) is 12.1 Å². The molecule has 0 saturated heterocycles. The topological polar surface area (TPSA) is 12.0 Å². The van der Waals surface area contributed by atoms with Crippen LogP contribution in [0.3, 0.4) is 0 Å². The lowest BCUT2D eigenvalue weighted by atomic mass is 9.78. The molecule has 1 aromatic carbocycles. The van der Waals surface area contributed by atoms with E-state index in [2.05, 4.69) is 28.2 Å². The molecule has 0 heterocycles. The van der Waals surface area contributed by atoms with Crippen LogP contribution in [0.4, 0.5) is 4.39 Å². The average molecular weight is 328 g/mol. The molecule has 1 fully saturated rings. The van der Waals surface area contributed by atoms with Gasteiger partial charge in [-0.25, -0.2) is 4.39 Å². The van der Waals surface area contributed by atoms with Gasteiger partial charge < -0.3 is 5.32 Å². The van der Waals surface area contributed by atoms with Crippen LogP contribution in [0, 0.1) is 17.7 Å². The summed E-state index contributed by atoms with van der Waals surface area (Å²) in [7, 11) is 2.02. The molecule has 106 valence electrons. The highest BCUT2D eigenvalue weighted by Crippen LogP contribution is 2.32. The smallest absolute Gasteiger partial charge is 0.123 e. The van der Waals surface area contributed by atoms with Crippen molar-refractivity contribution in [2.24, 2.45) is 11.8 Å². The molecule has 3 heteroatoms. The van der Waals surface area contributed by atoms with E-state index >= 15 is 0 Å². The molecule has 0 aromatic heterocycles. The van der Waals surface area contributed by atoms with E-state index in [9.17, 15) is 4.39 Å². The summed E-state index contributed by atoms with van der Waals surface area (Å²) in [6, 6.07) is 5.41. The van der Waals surface area contributed by atoms with Crippen LogP contribution in [0.5, 0.6) is 0 Å². The van der Waals surface area contributed by atoms with Crippen LogP contribution in [0.2, 0.25) is 0 Å². The fraction of sp³-hybridized carbons (Fsp3) is 0.625. The van der Waals surface area contributed by atoms with Crippen molar-refractivity contribution < 1.29 is 4.39 Å². The number of hydrogen-bond donors (Lipinski definition) is 1. The van der Waals surface area contributed by atoms with E-state index in [-0.39, 0.29) is 5.82 Å². The molecule has 0 spiro atoms. The lowest BCUT2D eigenvalue weighted by Gasteiger charge is -2.33. The zero-order valence-corrected chi connectivity index (χ0v) is 13.3. The molecule has 0 aliphatic heterocycles. The van der Waals surface area contributed by atoms with Crippen molar-refractivity contribution in [3.8, 4) is 0 Å². The molecule has 1 nitrogen and oxygen atoms in total. The van der Waals surface area contributed by atoms with Gasteiger partial charge >= 0.3 is 0 Å². The lowest BCUT2D eigenvalue weighted by molar-refractivity contribution is 0.235. The van der Waals surface area contributed by atoms with Crippen LogP contribution < -0.4 is 5.32 Å². The number of benzene rings is 1. The van der Waals surface area contributed by atoms with Gasteiger partial charge in [-0.2, -0.15) is 0 Å². The van der Waals surface area contributed by atoms with Crippen LogP contribution in [0.25, 0.3) is 0 Å². The summed E-state index contributed by atoms with van der Waals surface area (Å²) < 4.78 is 14.4. The Morgan fingerprint density at radius 2 is 2.00 bits per heavy atom. The summed E-state index contributed by atoms with van der Waals surface area (Å²) in [4.78, 5) is 0. The predicted molar refractivity (Wildman–Crippen MR) is 81.8 cm³/mol. The monoisotopic (exact) mass is 327 g/mol. The highest BCUT2D eigenvalue weighted by molar-refractivity contribution is 9.10. The maximum atomic E-state index is 13.4. The molecule has 1 aliphatic rings. The normalized spacial score (nSPS) is 25.3. The Labute approximate surface area is 124 Å². The van der Waals surface area contributed by atoms with Gasteiger partial charge in [0.2, 0.25) is 0 Å². The SMILES string of the molecule is CNC(Cc1cc(F)ccc1Br)C1CCC(C)CC1. The van der Waals surface area contributed by atoms with E-state index in [4.69, 9.17) is 0 Å². The van der Waals surface area contributed by atoms with Gasteiger partial charge in [0, 0.05) is 10.5 Å². The molecule has 1 unspecified atom stereocenters. The van der Waals surface area contributed by atoms with Gasteiger partial charge in [-0.3, -0.25) is 0 Å². The van der Waals surface area contributed by atoms with Crippen LogP contribution >= 0.6 is 15.9 Å². The summed E-state index contributed by atoms with van der Waals surface area (Å²) in [5, 5.41) is 3.44. The van der Waals surface area contributed by atoms with Crippen molar-refractivity contribution in [1.82, 2.24) is 5.32 Å². The molecule has 1 saturated carbocycles. The van der Waals surface area contributed by atoms with E-state index in [0.717, 1.165) is 28.3 Å². The second kappa shape index (κ2) is 6.85. The standard InChI is InChI=1S/C16H23BrFN/c1-11-3-5-12(6-4-11)16(19-2)10-13-9-14(18)7-8-15(13)17/h7-9,11-12,16,19H,3-6,10H2,1-2H3. The van der Waals surface area contributed by atoms with Crippen molar-refractivity contribution in [3.63, 3.8) is 0 Å². The molecule has 1 atom stereocenters. The van der Waals surface area contributed by atoms with Gasteiger partial charge in [0.05, 0.1) is 0 Å². The Hall–Kier alpha value is -0.410.